The maximum atomic E-state index is 14.0. The summed E-state index contributed by atoms with van der Waals surface area (Å²) in [7, 11) is 1.55. The fourth-order valence-electron chi connectivity index (χ4n) is 3.01. The summed E-state index contributed by atoms with van der Waals surface area (Å²) >= 11 is 3.55. The number of ether oxygens (including phenoxy) is 2. The van der Waals surface area contributed by atoms with Crippen molar-refractivity contribution in [2.75, 3.05) is 12.4 Å². The predicted octanol–water partition coefficient (Wildman–Crippen LogP) is 5.79. The van der Waals surface area contributed by atoms with Gasteiger partial charge in [-0.25, -0.2) is 9.18 Å². The van der Waals surface area contributed by atoms with E-state index in [9.17, 15) is 9.18 Å². The number of rotatable bonds is 8. The Morgan fingerprint density at radius 1 is 1.17 bits per heavy atom. The highest BCUT2D eigenvalue weighted by atomic mass is 79.9. The van der Waals surface area contributed by atoms with Crippen molar-refractivity contribution in [3.8, 4) is 11.5 Å². The minimum atomic E-state index is -0.968. The van der Waals surface area contributed by atoms with Crippen LogP contribution in [0.25, 0.3) is 0 Å². The second kappa shape index (κ2) is 9.63. The molecule has 0 amide bonds. The third-order valence-corrected chi connectivity index (χ3v) is 5.39. The topological polar surface area (TPSA) is 67.8 Å². The van der Waals surface area contributed by atoms with Crippen molar-refractivity contribution in [2.24, 2.45) is 0 Å². The summed E-state index contributed by atoms with van der Waals surface area (Å²) in [5.41, 5.74) is 3.08. The number of carboxylic acid groups (broad SMARTS) is 1. The normalized spacial score (nSPS) is 10.5. The highest BCUT2D eigenvalue weighted by Crippen LogP contribution is 2.37. The quantitative estimate of drug-likeness (QED) is 0.432. The lowest BCUT2D eigenvalue weighted by Crippen LogP contribution is -2.08. The van der Waals surface area contributed by atoms with E-state index in [1.165, 1.54) is 6.07 Å². The summed E-state index contributed by atoms with van der Waals surface area (Å²) in [6, 6.07) is 15.0. The zero-order valence-corrected chi connectivity index (χ0v) is 18.1. The molecule has 0 radical (unpaired) electrons. The highest BCUT2D eigenvalue weighted by Gasteiger charge is 2.16. The van der Waals surface area contributed by atoms with E-state index in [1.54, 1.807) is 49.6 Å². The molecule has 30 heavy (non-hydrogen) atoms. The number of halogens is 2. The van der Waals surface area contributed by atoms with E-state index in [1.807, 2.05) is 13.0 Å². The van der Waals surface area contributed by atoms with Crippen LogP contribution < -0.4 is 14.8 Å². The van der Waals surface area contributed by atoms with Gasteiger partial charge in [-0.05, 0) is 48.9 Å². The first-order valence-corrected chi connectivity index (χ1v) is 9.99. The Morgan fingerprint density at radius 2 is 1.93 bits per heavy atom. The molecular weight excluding hydrogens is 453 g/mol. The number of benzene rings is 3. The van der Waals surface area contributed by atoms with Crippen molar-refractivity contribution in [3.63, 3.8) is 0 Å². The van der Waals surface area contributed by atoms with Crippen LogP contribution in [0.1, 0.15) is 27.0 Å². The van der Waals surface area contributed by atoms with E-state index in [-0.39, 0.29) is 18.0 Å². The van der Waals surface area contributed by atoms with Crippen molar-refractivity contribution >= 4 is 27.6 Å². The van der Waals surface area contributed by atoms with Crippen molar-refractivity contribution in [3.05, 3.63) is 87.1 Å². The van der Waals surface area contributed by atoms with Gasteiger partial charge in [0.05, 0.1) is 12.7 Å². The summed E-state index contributed by atoms with van der Waals surface area (Å²) in [6.45, 7) is 2.28. The molecule has 0 unspecified atom stereocenters. The van der Waals surface area contributed by atoms with Crippen molar-refractivity contribution < 1.29 is 23.8 Å². The van der Waals surface area contributed by atoms with Crippen LogP contribution in [0.5, 0.6) is 11.5 Å². The molecule has 0 spiro atoms. The Kier molecular flexibility index (Phi) is 6.95. The fourth-order valence-corrected chi connectivity index (χ4v) is 3.46. The lowest BCUT2D eigenvalue weighted by atomic mass is 10.1. The van der Waals surface area contributed by atoms with Gasteiger partial charge in [-0.1, -0.05) is 34.1 Å². The number of methoxy groups -OCH3 is 1. The molecule has 0 heterocycles. The molecule has 5 nitrogen and oxygen atoms in total. The number of hydrogen-bond acceptors (Lipinski definition) is 4. The summed E-state index contributed by atoms with van der Waals surface area (Å²) in [5, 5.41) is 12.4. The Bertz CT molecular complexity index is 1070. The van der Waals surface area contributed by atoms with E-state index >= 15 is 0 Å². The lowest BCUT2D eigenvalue weighted by molar-refractivity contribution is 0.0697. The van der Waals surface area contributed by atoms with Crippen LogP contribution in [0.15, 0.2) is 59.1 Å². The van der Waals surface area contributed by atoms with Crippen LogP contribution in [-0.4, -0.2) is 18.2 Å². The average molecular weight is 474 g/mol. The third-order valence-electron chi connectivity index (χ3n) is 4.65. The highest BCUT2D eigenvalue weighted by molar-refractivity contribution is 9.10. The van der Waals surface area contributed by atoms with Crippen LogP contribution in [0.2, 0.25) is 0 Å². The van der Waals surface area contributed by atoms with Crippen LogP contribution in [-0.2, 0) is 13.2 Å². The molecule has 3 aromatic rings. The molecular formula is C23H21BrFNO4. The standard InChI is InChI=1S/C23H21BrFNO4/c1-14-11-15(23(27)28)7-9-20(14)26-12-17-18(24)8-10-21(29-2)22(17)30-13-16-5-3-4-6-19(16)25/h3-11,26H,12-13H2,1-2H3,(H,27,28). The molecule has 0 saturated heterocycles. The number of aromatic carboxylic acids is 1. The first-order chi connectivity index (χ1) is 14.4. The molecule has 3 rings (SSSR count). The van der Waals surface area contributed by atoms with Crippen molar-refractivity contribution in [1.29, 1.82) is 0 Å². The van der Waals surface area contributed by atoms with Crippen molar-refractivity contribution in [2.45, 2.75) is 20.1 Å². The second-order valence-corrected chi connectivity index (χ2v) is 7.48. The molecule has 0 saturated carbocycles. The first-order valence-electron chi connectivity index (χ1n) is 9.20. The van der Waals surface area contributed by atoms with Gasteiger partial charge in [0, 0.05) is 27.8 Å². The number of aryl methyl sites for hydroxylation is 1. The van der Waals surface area contributed by atoms with Gasteiger partial charge in [-0.2, -0.15) is 0 Å². The Hall–Kier alpha value is -3.06. The van der Waals surface area contributed by atoms with Crippen LogP contribution in [0, 0.1) is 12.7 Å². The molecule has 0 aliphatic heterocycles. The van der Waals surface area contributed by atoms with Gasteiger partial charge in [0.25, 0.3) is 0 Å². The zero-order valence-electron chi connectivity index (χ0n) is 16.5. The smallest absolute Gasteiger partial charge is 0.335 e. The van der Waals surface area contributed by atoms with Crippen LogP contribution in [0.3, 0.4) is 0 Å². The van der Waals surface area contributed by atoms with Gasteiger partial charge >= 0.3 is 5.97 Å². The molecule has 3 aromatic carbocycles. The molecule has 7 heteroatoms. The summed E-state index contributed by atoms with van der Waals surface area (Å²) in [4.78, 5) is 11.1. The van der Waals surface area contributed by atoms with Gasteiger partial charge in [0.2, 0.25) is 0 Å². The van der Waals surface area contributed by atoms with Crippen LogP contribution >= 0.6 is 15.9 Å². The maximum absolute atomic E-state index is 14.0. The van der Waals surface area contributed by atoms with Gasteiger partial charge in [-0.3, -0.25) is 0 Å². The Labute approximate surface area is 182 Å². The monoisotopic (exact) mass is 473 g/mol. The predicted molar refractivity (Wildman–Crippen MR) is 117 cm³/mol. The Morgan fingerprint density at radius 3 is 2.60 bits per heavy atom. The van der Waals surface area contributed by atoms with E-state index in [4.69, 9.17) is 14.6 Å². The summed E-state index contributed by atoms with van der Waals surface area (Å²) in [5.74, 6) is -0.268. The second-order valence-electron chi connectivity index (χ2n) is 6.63. The van der Waals surface area contributed by atoms with Gasteiger partial charge < -0.3 is 19.9 Å². The number of anilines is 1. The van der Waals surface area contributed by atoms with Crippen molar-refractivity contribution in [1.82, 2.24) is 0 Å². The number of hydrogen-bond donors (Lipinski definition) is 2. The fraction of sp³-hybridized carbons (Fsp3) is 0.174. The van der Waals surface area contributed by atoms with Gasteiger partial charge in [-0.15, -0.1) is 0 Å². The average Bonchev–Trinajstić information content (AvgIpc) is 2.73. The summed E-state index contributed by atoms with van der Waals surface area (Å²) in [6.07, 6.45) is 0. The lowest BCUT2D eigenvalue weighted by Gasteiger charge is -2.18. The molecule has 0 aliphatic carbocycles. The number of nitrogens with one attached hydrogen (secondary N) is 1. The molecule has 2 N–H and O–H groups in total. The van der Waals surface area contributed by atoms with E-state index in [0.717, 1.165) is 21.3 Å². The zero-order chi connectivity index (χ0) is 21.7. The number of carbonyl (C=O) groups is 1. The largest absolute Gasteiger partial charge is 0.493 e. The van der Waals surface area contributed by atoms with E-state index in [0.29, 0.717) is 23.6 Å². The minimum Gasteiger partial charge on any atom is -0.493 e. The Balaban J connectivity index is 1.85. The molecule has 0 atom stereocenters. The maximum Gasteiger partial charge on any atom is 0.335 e. The van der Waals surface area contributed by atoms with E-state index < -0.39 is 5.97 Å². The number of carboxylic acids is 1. The van der Waals surface area contributed by atoms with E-state index in [2.05, 4.69) is 21.2 Å². The molecule has 0 aliphatic rings. The molecule has 156 valence electrons. The van der Waals surface area contributed by atoms with Gasteiger partial charge in [0.1, 0.15) is 12.4 Å². The SMILES string of the molecule is COc1ccc(Br)c(CNc2ccc(C(=O)O)cc2C)c1OCc1ccccc1F. The molecule has 0 fully saturated rings. The molecule has 0 aromatic heterocycles. The first kappa shape index (κ1) is 21.6. The third kappa shape index (κ3) is 4.91. The molecule has 0 bridgehead atoms. The minimum absolute atomic E-state index is 0.0544. The van der Waals surface area contributed by atoms with Crippen LogP contribution in [0.4, 0.5) is 10.1 Å². The van der Waals surface area contributed by atoms with Gasteiger partial charge in [0.15, 0.2) is 11.5 Å². The summed E-state index contributed by atoms with van der Waals surface area (Å²) < 4.78 is 26.2.